The molecular weight excluding hydrogens is 513 g/mol. The highest BCUT2D eigenvalue weighted by molar-refractivity contribution is 7.88. The molecule has 0 radical (unpaired) electrons. The molecule has 3 aliphatic rings. The molecule has 0 spiro atoms. The fourth-order valence-electron chi connectivity index (χ4n) is 5.73. The summed E-state index contributed by atoms with van der Waals surface area (Å²) in [5.74, 6) is 0.0230. The van der Waals surface area contributed by atoms with Crippen molar-refractivity contribution in [2.45, 2.75) is 56.9 Å². The lowest BCUT2D eigenvalue weighted by atomic mass is 9.91. The fraction of sp³-hybridized carbons (Fsp3) is 0.609. The van der Waals surface area contributed by atoms with Crippen molar-refractivity contribution in [1.82, 2.24) is 19.2 Å². The molecular formula is C23H29F3N6O2S2. The molecule has 0 aromatic carbocycles. The second-order valence-electron chi connectivity index (χ2n) is 9.90. The van der Waals surface area contributed by atoms with Gasteiger partial charge in [-0.05, 0) is 31.2 Å². The van der Waals surface area contributed by atoms with E-state index < -0.39 is 28.6 Å². The third-order valence-corrected chi connectivity index (χ3v) is 10.0. The lowest BCUT2D eigenvalue weighted by Crippen LogP contribution is -2.47. The Morgan fingerprint density at radius 2 is 2.14 bits per heavy atom. The van der Waals surface area contributed by atoms with E-state index in [0.29, 0.717) is 49.3 Å². The van der Waals surface area contributed by atoms with E-state index in [1.54, 1.807) is 17.2 Å². The average Bonchev–Trinajstić information content (AvgIpc) is 3.45. The number of carbonyl (C=O) groups is 1. The topological polar surface area (TPSA) is 110 Å². The van der Waals surface area contributed by atoms with Crippen molar-refractivity contribution < 1.29 is 22.5 Å². The van der Waals surface area contributed by atoms with Crippen molar-refractivity contribution in [3.05, 3.63) is 28.3 Å². The van der Waals surface area contributed by atoms with Crippen LogP contribution < -0.4 is 11.1 Å². The zero-order valence-corrected chi connectivity index (χ0v) is 21.9. The molecule has 5 atom stereocenters. The molecule has 3 N–H and O–H groups in total. The number of piperidine rings is 1. The minimum absolute atomic E-state index is 0.0683. The van der Waals surface area contributed by atoms with Gasteiger partial charge in [0.05, 0.1) is 21.7 Å². The largest absolute Gasteiger partial charge is 0.598 e. The summed E-state index contributed by atoms with van der Waals surface area (Å²) in [7, 11) is 0. The number of nitrogens with zero attached hydrogens (tertiary/aromatic N) is 4. The van der Waals surface area contributed by atoms with Gasteiger partial charge >= 0.3 is 6.18 Å². The molecule has 196 valence electrons. The smallest absolute Gasteiger partial charge is 0.420 e. The molecule has 13 heteroatoms. The lowest BCUT2D eigenvalue weighted by molar-refractivity contribution is -0.137. The van der Waals surface area contributed by atoms with Crippen molar-refractivity contribution in [3.63, 3.8) is 0 Å². The molecule has 3 aliphatic heterocycles. The van der Waals surface area contributed by atoms with Gasteiger partial charge in [0.2, 0.25) is 5.95 Å². The second-order valence-corrected chi connectivity index (χ2v) is 12.3. The van der Waals surface area contributed by atoms with Crippen molar-refractivity contribution in [2.75, 3.05) is 31.2 Å². The number of anilines is 1. The van der Waals surface area contributed by atoms with Gasteiger partial charge in [0.25, 0.3) is 5.91 Å². The van der Waals surface area contributed by atoms with Crippen LogP contribution in [0, 0.1) is 5.92 Å². The zero-order chi connectivity index (χ0) is 26.0. The maximum atomic E-state index is 14.0. The Balaban J connectivity index is 1.50. The van der Waals surface area contributed by atoms with Gasteiger partial charge in [-0.3, -0.25) is 4.79 Å². The lowest BCUT2D eigenvalue weighted by Gasteiger charge is -2.35. The van der Waals surface area contributed by atoms with Crippen LogP contribution in [-0.4, -0.2) is 67.6 Å². The molecule has 3 unspecified atom stereocenters. The summed E-state index contributed by atoms with van der Waals surface area (Å²) in [4.78, 5) is 24.3. The second kappa shape index (κ2) is 9.12. The number of nitrogens with two attached hydrogens (primary N) is 1. The van der Waals surface area contributed by atoms with Crippen LogP contribution in [0.4, 0.5) is 19.1 Å². The normalized spacial score (nSPS) is 29.4. The fourth-order valence-corrected chi connectivity index (χ4v) is 7.97. The molecule has 0 saturated carbocycles. The highest BCUT2D eigenvalue weighted by atomic mass is 32.2. The first-order valence-corrected chi connectivity index (χ1v) is 14.3. The monoisotopic (exact) mass is 542 g/mol. The number of hydrogen-bond donors (Lipinski definition) is 2. The summed E-state index contributed by atoms with van der Waals surface area (Å²) >= 11 is 0.122. The number of fused-ring (bicyclic) bond motifs is 3. The Labute approximate surface area is 214 Å². The minimum atomic E-state index is -4.65. The quantitative estimate of drug-likeness (QED) is 0.557. The maximum absolute atomic E-state index is 14.0. The molecule has 2 fully saturated rings. The molecule has 1 amide bonds. The first-order chi connectivity index (χ1) is 16.9. The zero-order valence-electron chi connectivity index (χ0n) is 20.3. The molecule has 2 aromatic heterocycles. The maximum Gasteiger partial charge on any atom is 0.420 e. The van der Waals surface area contributed by atoms with Crippen molar-refractivity contribution in [2.24, 2.45) is 11.7 Å². The summed E-state index contributed by atoms with van der Waals surface area (Å²) in [6, 6.07) is 1.32. The number of carbonyl (C=O) groups excluding carboxylic acids is 1. The summed E-state index contributed by atoms with van der Waals surface area (Å²) < 4.78 is 55.6. The molecule has 0 aliphatic carbocycles. The molecule has 36 heavy (non-hydrogen) atoms. The van der Waals surface area contributed by atoms with E-state index in [9.17, 15) is 22.5 Å². The van der Waals surface area contributed by atoms with E-state index in [2.05, 4.69) is 15.3 Å². The van der Waals surface area contributed by atoms with Gasteiger partial charge in [-0.15, -0.1) is 15.6 Å². The third-order valence-electron chi connectivity index (χ3n) is 7.62. The summed E-state index contributed by atoms with van der Waals surface area (Å²) in [6.45, 7) is 5.63. The van der Waals surface area contributed by atoms with E-state index in [1.165, 1.54) is 11.3 Å². The molecule has 0 bridgehead atoms. The van der Waals surface area contributed by atoms with E-state index in [0.717, 1.165) is 11.1 Å². The predicted octanol–water partition coefficient (Wildman–Crippen LogP) is 3.43. The molecule has 2 aromatic rings. The minimum Gasteiger partial charge on any atom is -0.598 e. The van der Waals surface area contributed by atoms with Gasteiger partial charge in [0, 0.05) is 54.2 Å². The van der Waals surface area contributed by atoms with E-state index in [1.807, 2.05) is 18.2 Å². The van der Waals surface area contributed by atoms with Crippen molar-refractivity contribution in [1.29, 1.82) is 0 Å². The standard InChI is InChI=1S/C23H29F3N6O2S2/c1-4-22-8-13(27)11-32(22)20(33)14-7-17(35-19(14)22)18-15(23(24,25)26)9-28-21(30-18)29-16-5-6-31(36(3)34)10-12(16)2/h7,9,12-13,16H,4-6,8,10-11,27H2,1-3H3,(H,28,29,30)/t12-,13?,16+,22?,36?/m1/s1. The van der Waals surface area contributed by atoms with Crippen LogP contribution in [0.1, 0.15) is 53.9 Å². The van der Waals surface area contributed by atoms with Crippen LogP contribution in [0.5, 0.6) is 0 Å². The van der Waals surface area contributed by atoms with Crippen LogP contribution >= 0.6 is 11.3 Å². The Kier molecular flexibility index (Phi) is 6.51. The first-order valence-electron chi connectivity index (χ1n) is 12.0. The van der Waals surface area contributed by atoms with Crippen molar-refractivity contribution >= 4 is 34.6 Å². The molecule has 2 saturated heterocycles. The SMILES string of the molecule is CCC12CC(N)CN1C(=O)c1cc(-c3nc(N[C@H]4CCN([S+](C)[O-])C[C@H]4C)ncc3C(F)(F)F)sc12. The Morgan fingerprint density at radius 3 is 2.78 bits per heavy atom. The average molecular weight is 543 g/mol. The number of rotatable bonds is 5. The van der Waals surface area contributed by atoms with E-state index in [4.69, 9.17) is 5.73 Å². The van der Waals surface area contributed by atoms with E-state index >= 15 is 0 Å². The highest BCUT2D eigenvalue weighted by Gasteiger charge is 2.55. The van der Waals surface area contributed by atoms with Crippen LogP contribution in [0.15, 0.2) is 12.3 Å². The first kappa shape index (κ1) is 25.7. The number of halogens is 3. The van der Waals surface area contributed by atoms with Gasteiger partial charge in [-0.1, -0.05) is 13.8 Å². The highest BCUT2D eigenvalue weighted by Crippen LogP contribution is 2.53. The Morgan fingerprint density at radius 1 is 1.39 bits per heavy atom. The predicted molar refractivity (Wildman–Crippen MR) is 133 cm³/mol. The number of aromatic nitrogens is 2. The van der Waals surface area contributed by atoms with Crippen LogP contribution in [0.2, 0.25) is 0 Å². The third kappa shape index (κ3) is 4.18. The van der Waals surface area contributed by atoms with Gasteiger partial charge in [0.15, 0.2) is 0 Å². The van der Waals surface area contributed by atoms with E-state index in [-0.39, 0.29) is 35.6 Å². The number of thiophene rings is 1. The number of amides is 1. The molecule has 5 heterocycles. The molecule has 8 nitrogen and oxygen atoms in total. The van der Waals surface area contributed by atoms with Crippen LogP contribution in [0.3, 0.4) is 0 Å². The number of hydrogen-bond acceptors (Lipinski definition) is 8. The van der Waals surface area contributed by atoms with Gasteiger partial charge < -0.3 is 20.5 Å². The molecule has 5 rings (SSSR count). The van der Waals surface area contributed by atoms with Crippen LogP contribution in [-0.2, 0) is 23.1 Å². The number of nitrogens with one attached hydrogen (secondary N) is 1. The van der Waals surface area contributed by atoms with Gasteiger partial charge in [-0.2, -0.15) is 13.2 Å². The Hall–Kier alpha value is -1.93. The summed E-state index contributed by atoms with van der Waals surface area (Å²) in [5, 5.41) is 3.20. The van der Waals surface area contributed by atoms with Gasteiger partial charge in [0.1, 0.15) is 11.8 Å². The van der Waals surface area contributed by atoms with Crippen molar-refractivity contribution in [3.8, 4) is 10.6 Å². The summed E-state index contributed by atoms with van der Waals surface area (Å²) in [6.07, 6.45) is -0.315. The van der Waals surface area contributed by atoms with Crippen LogP contribution in [0.25, 0.3) is 10.6 Å². The summed E-state index contributed by atoms with van der Waals surface area (Å²) in [5.41, 5.74) is 4.88. The number of alkyl halides is 3. The van der Waals surface area contributed by atoms with Gasteiger partial charge in [-0.25, -0.2) is 9.97 Å². The Bertz CT molecular complexity index is 1180.